The van der Waals surface area contributed by atoms with Gasteiger partial charge in [0.1, 0.15) is 0 Å². The molecule has 0 spiro atoms. The third kappa shape index (κ3) is 5.26. The van der Waals surface area contributed by atoms with Gasteiger partial charge < -0.3 is 10.0 Å². The van der Waals surface area contributed by atoms with Gasteiger partial charge in [-0.15, -0.1) is 0 Å². The van der Waals surface area contributed by atoms with Crippen molar-refractivity contribution in [1.29, 1.82) is 0 Å². The third-order valence-corrected chi connectivity index (χ3v) is 5.23. The molecule has 0 radical (unpaired) electrons. The minimum Gasteiger partial charge on any atom is -0.478 e. The van der Waals surface area contributed by atoms with Crippen LogP contribution in [0.15, 0.2) is 78.4 Å². The number of fused-ring (bicyclic) bond motifs is 1. The van der Waals surface area contributed by atoms with Crippen molar-refractivity contribution in [3.8, 4) is 0 Å². The van der Waals surface area contributed by atoms with Gasteiger partial charge in [0.15, 0.2) is 0 Å². The number of benzene rings is 2. The second-order valence-corrected chi connectivity index (χ2v) is 7.77. The molecule has 2 aromatic carbocycles. The van der Waals surface area contributed by atoms with Crippen molar-refractivity contribution in [1.82, 2.24) is 0 Å². The van der Waals surface area contributed by atoms with Crippen LogP contribution in [0.2, 0.25) is 0 Å². The molecule has 0 amide bonds. The largest absolute Gasteiger partial charge is 0.478 e. The van der Waals surface area contributed by atoms with Crippen LogP contribution in [-0.2, 0) is 11.2 Å². The molecule has 0 aromatic heterocycles. The fourth-order valence-corrected chi connectivity index (χ4v) is 3.85. The molecule has 2 aromatic rings. The van der Waals surface area contributed by atoms with E-state index in [0.29, 0.717) is 11.6 Å². The summed E-state index contributed by atoms with van der Waals surface area (Å²) in [5, 5.41) is 8.89. The zero-order valence-electron chi connectivity index (χ0n) is 17.4. The minimum absolute atomic E-state index is 0.496. The molecular weight excluding hydrogens is 358 g/mol. The smallest absolute Gasteiger partial charge is 0.328 e. The van der Waals surface area contributed by atoms with Gasteiger partial charge in [0.05, 0.1) is 0 Å². The molecule has 1 N–H and O–H groups in total. The molecule has 3 rings (SSSR count). The summed E-state index contributed by atoms with van der Waals surface area (Å²) >= 11 is 0. The molecule has 0 unspecified atom stereocenters. The molecule has 1 aliphatic rings. The van der Waals surface area contributed by atoms with Crippen molar-refractivity contribution >= 4 is 17.2 Å². The SMILES string of the molecule is CC(C=CC=C(c1ccccc1)c1ccc2c(c1)CCCN2C(C)C)=CC(=O)O. The fraction of sp³-hybridized carbons (Fsp3) is 0.269. The number of hydrogen-bond donors (Lipinski definition) is 1. The predicted octanol–water partition coefficient (Wildman–Crippen LogP) is 5.87. The lowest BCUT2D eigenvalue weighted by Crippen LogP contribution is -2.35. The maximum absolute atomic E-state index is 10.8. The monoisotopic (exact) mass is 387 g/mol. The van der Waals surface area contributed by atoms with E-state index in [4.69, 9.17) is 5.11 Å². The highest BCUT2D eigenvalue weighted by molar-refractivity contribution is 5.83. The zero-order chi connectivity index (χ0) is 20.8. The summed E-state index contributed by atoms with van der Waals surface area (Å²) < 4.78 is 0. The van der Waals surface area contributed by atoms with Crippen molar-refractivity contribution in [3.63, 3.8) is 0 Å². The Kier molecular flexibility index (Phi) is 6.71. The molecule has 0 saturated carbocycles. The number of allylic oxidation sites excluding steroid dienone is 4. The lowest BCUT2D eigenvalue weighted by atomic mass is 9.92. The Morgan fingerprint density at radius 1 is 1.10 bits per heavy atom. The number of rotatable bonds is 6. The van der Waals surface area contributed by atoms with E-state index in [0.717, 1.165) is 24.1 Å². The first-order valence-electron chi connectivity index (χ1n) is 10.2. The highest BCUT2D eigenvalue weighted by Gasteiger charge is 2.19. The van der Waals surface area contributed by atoms with Crippen LogP contribution < -0.4 is 4.90 Å². The summed E-state index contributed by atoms with van der Waals surface area (Å²) in [4.78, 5) is 13.3. The number of carbonyl (C=O) groups is 1. The van der Waals surface area contributed by atoms with E-state index in [1.165, 1.54) is 29.3 Å². The van der Waals surface area contributed by atoms with Gasteiger partial charge >= 0.3 is 5.97 Å². The highest BCUT2D eigenvalue weighted by Crippen LogP contribution is 2.33. The predicted molar refractivity (Wildman–Crippen MR) is 121 cm³/mol. The zero-order valence-corrected chi connectivity index (χ0v) is 17.4. The highest BCUT2D eigenvalue weighted by atomic mass is 16.4. The molecule has 0 atom stereocenters. The summed E-state index contributed by atoms with van der Waals surface area (Å²) in [5.74, 6) is -0.927. The number of aryl methyl sites for hydroxylation is 1. The Morgan fingerprint density at radius 2 is 1.86 bits per heavy atom. The second kappa shape index (κ2) is 9.42. The van der Waals surface area contributed by atoms with Crippen LogP contribution in [0.25, 0.3) is 5.57 Å². The molecule has 150 valence electrons. The van der Waals surface area contributed by atoms with Crippen LogP contribution in [0.4, 0.5) is 5.69 Å². The van der Waals surface area contributed by atoms with E-state index < -0.39 is 5.97 Å². The van der Waals surface area contributed by atoms with Gasteiger partial charge in [-0.3, -0.25) is 0 Å². The molecule has 0 fully saturated rings. The fourth-order valence-electron chi connectivity index (χ4n) is 3.85. The topological polar surface area (TPSA) is 40.5 Å². The Balaban J connectivity index is 2.00. The standard InChI is InChI=1S/C26H29NO2/c1-19(2)27-16-8-12-23-18-22(14-15-25(23)27)24(21-10-5-4-6-11-21)13-7-9-20(3)17-26(28)29/h4-7,9-11,13-15,17-19H,8,12,16H2,1-3H3,(H,28,29). The first-order valence-corrected chi connectivity index (χ1v) is 10.2. The molecule has 1 aliphatic heterocycles. The van der Waals surface area contributed by atoms with Crippen LogP contribution >= 0.6 is 0 Å². The van der Waals surface area contributed by atoms with Gasteiger partial charge in [-0.25, -0.2) is 4.79 Å². The van der Waals surface area contributed by atoms with Crippen LogP contribution in [0.1, 0.15) is 43.9 Å². The van der Waals surface area contributed by atoms with E-state index >= 15 is 0 Å². The van der Waals surface area contributed by atoms with Crippen LogP contribution in [0, 0.1) is 0 Å². The average Bonchev–Trinajstić information content (AvgIpc) is 2.70. The van der Waals surface area contributed by atoms with Crippen molar-refractivity contribution in [2.45, 2.75) is 39.7 Å². The van der Waals surface area contributed by atoms with Crippen LogP contribution in [-0.4, -0.2) is 23.7 Å². The molecule has 3 nitrogen and oxygen atoms in total. The van der Waals surface area contributed by atoms with Crippen molar-refractivity contribution in [3.05, 3.63) is 95.1 Å². The van der Waals surface area contributed by atoms with Crippen LogP contribution in [0.5, 0.6) is 0 Å². The van der Waals surface area contributed by atoms with Crippen molar-refractivity contribution < 1.29 is 9.90 Å². The number of hydrogen-bond acceptors (Lipinski definition) is 2. The summed E-state index contributed by atoms with van der Waals surface area (Å²) in [6.07, 6.45) is 9.32. The van der Waals surface area contributed by atoms with Crippen molar-refractivity contribution in [2.24, 2.45) is 0 Å². The average molecular weight is 388 g/mol. The summed E-state index contributed by atoms with van der Waals surface area (Å²) in [6.45, 7) is 7.40. The lowest BCUT2D eigenvalue weighted by molar-refractivity contribution is -0.131. The second-order valence-electron chi connectivity index (χ2n) is 7.77. The number of aliphatic carboxylic acids is 1. The molecule has 3 heteroatoms. The summed E-state index contributed by atoms with van der Waals surface area (Å²) in [5.41, 5.74) is 6.92. The molecule has 0 aliphatic carbocycles. The number of carboxylic acid groups (broad SMARTS) is 1. The van der Waals surface area contributed by atoms with Gasteiger partial charge in [0.2, 0.25) is 0 Å². The molecule has 29 heavy (non-hydrogen) atoms. The molecule has 0 saturated heterocycles. The number of carboxylic acids is 1. The third-order valence-electron chi connectivity index (χ3n) is 5.23. The minimum atomic E-state index is -0.927. The van der Waals surface area contributed by atoms with E-state index in [-0.39, 0.29) is 0 Å². The van der Waals surface area contributed by atoms with Gasteiger partial charge in [-0.05, 0) is 73.6 Å². The van der Waals surface area contributed by atoms with E-state index in [1.807, 2.05) is 30.4 Å². The normalized spacial score (nSPS) is 15.1. The first kappa shape index (κ1) is 20.7. The maximum atomic E-state index is 10.8. The molecule has 0 bridgehead atoms. The van der Waals surface area contributed by atoms with Gasteiger partial charge in [0.25, 0.3) is 0 Å². The quantitative estimate of drug-likeness (QED) is 0.498. The molecule has 1 heterocycles. The Labute approximate surface area is 173 Å². The summed E-state index contributed by atoms with van der Waals surface area (Å²) in [6, 6.07) is 17.6. The van der Waals surface area contributed by atoms with Gasteiger partial charge in [-0.1, -0.05) is 54.6 Å². The van der Waals surface area contributed by atoms with Crippen LogP contribution in [0.3, 0.4) is 0 Å². The Bertz CT molecular complexity index is 952. The number of anilines is 1. The maximum Gasteiger partial charge on any atom is 0.328 e. The first-order chi connectivity index (χ1) is 14.0. The van der Waals surface area contributed by atoms with Gasteiger partial charge in [0, 0.05) is 24.4 Å². The molecular formula is C26H29NO2. The Morgan fingerprint density at radius 3 is 2.55 bits per heavy atom. The Hall–Kier alpha value is -3.07. The lowest BCUT2D eigenvalue weighted by Gasteiger charge is -2.35. The number of nitrogens with zero attached hydrogens (tertiary/aromatic N) is 1. The van der Waals surface area contributed by atoms with E-state index in [9.17, 15) is 4.79 Å². The summed E-state index contributed by atoms with van der Waals surface area (Å²) in [7, 11) is 0. The van der Waals surface area contributed by atoms with E-state index in [2.05, 4.69) is 55.2 Å². The van der Waals surface area contributed by atoms with Gasteiger partial charge in [-0.2, -0.15) is 0 Å². The van der Waals surface area contributed by atoms with Crippen molar-refractivity contribution in [2.75, 3.05) is 11.4 Å². The van der Waals surface area contributed by atoms with E-state index in [1.54, 1.807) is 6.92 Å².